The molecule has 0 atom stereocenters. The fraction of sp³-hybridized carbons (Fsp3) is 0.250. The van der Waals surface area contributed by atoms with Crippen LogP contribution in [0.3, 0.4) is 0 Å². The van der Waals surface area contributed by atoms with Gasteiger partial charge in [0.05, 0.1) is 5.75 Å². The molecule has 0 saturated heterocycles. The summed E-state index contributed by atoms with van der Waals surface area (Å²) in [4.78, 5) is 5.73. The lowest BCUT2D eigenvalue weighted by Gasteiger charge is -2.04. The SMILES string of the molecule is Cc1csc(CSc2ccc(N)cc2C)n1. The first-order valence-corrected chi connectivity index (χ1v) is 6.91. The molecule has 0 bridgehead atoms. The first-order valence-electron chi connectivity index (χ1n) is 5.05. The average molecular weight is 250 g/mol. The smallest absolute Gasteiger partial charge is 0.103 e. The van der Waals surface area contributed by atoms with Gasteiger partial charge in [-0.25, -0.2) is 4.98 Å². The molecule has 0 amide bonds. The molecule has 2 N–H and O–H groups in total. The van der Waals surface area contributed by atoms with Gasteiger partial charge in [0.15, 0.2) is 0 Å². The van der Waals surface area contributed by atoms with Crippen molar-refractivity contribution in [2.75, 3.05) is 5.73 Å². The Kier molecular flexibility index (Phi) is 3.51. The van der Waals surface area contributed by atoms with Crippen molar-refractivity contribution in [2.45, 2.75) is 24.5 Å². The maximum absolute atomic E-state index is 5.72. The topological polar surface area (TPSA) is 38.9 Å². The second-order valence-corrected chi connectivity index (χ2v) is 5.66. The quantitative estimate of drug-likeness (QED) is 0.668. The number of anilines is 1. The van der Waals surface area contributed by atoms with Gasteiger partial charge in [-0.15, -0.1) is 23.1 Å². The summed E-state index contributed by atoms with van der Waals surface area (Å²) in [7, 11) is 0. The van der Waals surface area contributed by atoms with Crippen LogP contribution in [0.25, 0.3) is 0 Å². The monoisotopic (exact) mass is 250 g/mol. The van der Waals surface area contributed by atoms with Gasteiger partial charge >= 0.3 is 0 Å². The number of nitrogens with zero attached hydrogens (tertiary/aromatic N) is 1. The molecule has 0 fully saturated rings. The maximum Gasteiger partial charge on any atom is 0.103 e. The lowest BCUT2D eigenvalue weighted by atomic mass is 10.2. The number of benzene rings is 1. The highest BCUT2D eigenvalue weighted by atomic mass is 32.2. The third kappa shape index (κ3) is 2.77. The minimum Gasteiger partial charge on any atom is -0.399 e. The molecular formula is C12H14N2S2. The van der Waals surface area contributed by atoms with Gasteiger partial charge in [0.25, 0.3) is 0 Å². The van der Waals surface area contributed by atoms with Crippen molar-refractivity contribution in [1.82, 2.24) is 4.98 Å². The Balaban J connectivity index is 2.04. The van der Waals surface area contributed by atoms with Gasteiger partial charge in [-0.05, 0) is 37.6 Å². The van der Waals surface area contributed by atoms with Gasteiger partial charge in [0.2, 0.25) is 0 Å². The number of aryl methyl sites for hydroxylation is 2. The number of nitrogens with two attached hydrogens (primary N) is 1. The Morgan fingerprint density at radius 2 is 2.19 bits per heavy atom. The lowest BCUT2D eigenvalue weighted by molar-refractivity contribution is 1.18. The van der Waals surface area contributed by atoms with E-state index in [1.54, 1.807) is 11.3 Å². The molecule has 0 aliphatic rings. The van der Waals surface area contributed by atoms with Crippen LogP contribution in [0.2, 0.25) is 0 Å². The van der Waals surface area contributed by atoms with Crippen LogP contribution in [0.5, 0.6) is 0 Å². The van der Waals surface area contributed by atoms with Crippen LogP contribution in [-0.4, -0.2) is 4.98 Å². The Morgan fingerprint density at radius 1 is 1.38 bits per heavy atom. The number of hydrogen-bond acceptors (Lipinski definition) is 4. The molecular weight excluding hydrogens is 236 g/mol. The highest BCUT2D eigenvalue weighted by molar-refractivity contribution is 7.98. The van der Waals surface area contributed by atoms with Gasteiger partial charge in [-0.1, -0.05) is 0 Å². The van der Waals surface area contributed by atoms with Crippen molar-refractivity contribution >= 4 is 28.8 Å². The molecule has 84 valence electrons. The summed E-state index contributed by atoms with van der Waals surface area (Å²) >= 11 is 3.54. The molecule has 0 unspecified atom stereocenters. The van der Waals surface area contributed by atoms with Gasteiger partial charge in [-0.2, -0.15) is 0 Å². The van der Waals surface area contributed by atoms with Crippen LogP contribution in [0.1, 0.15) is 16.3 Å². The molecule has 2 aromatic rings. The molecule has 0 saturated carbocycles. The summed E-state index contributed by atoms with van der Waals surface area (Å²) in [6.07, 6.45) is 0. The molecule has 16 heavy (non-hydrogen) atoms. The molecule has 0 aliphatic heterocycles. The van der Waals surface area contributed by atoms with Crippen molar-refractivity contribution in [1.29, 1.82) is 0 Å². The van der Waals surface area contributed by atoms with E-state index < -0.39 is 0 Å². The summed E-state index contributed by atoms with van der Waals surface area (Å²) in [5.41, 5.74) is 8.89. The Labute approximate surface area is 104 Å². The van der Waals surface area contributed by atoms with E-state index in [-0.39, 0.29) is 0 Å². The number of thiazole rings is 1. The number of rotatable bonds is 3. The standard InChI is InChI=1S/C12H14N2S2/c1-8-5-10(13)3-4-11(8)15-7-12-14-9(2)6-16-12/h3-6H,7,13H2,1-2H3. The summed E-state index contributed by atoms with van der Waals surface area (Å²) in [5.74, 6) is 0.934. The molecule has 1 aromatic heterocycles. The highest BCUT2D eigenvalue weighted by Gasteiger charge is 2.03. The molecule has 2 nitrogen and oxygen atoms in total. The summed E-state index contributed by atoms with van der Waals surface area (Å²) in [5, 5.41) is 3.27. The zero-order chi connectivity index (χ0) is 11.5. The summed E-state index contributed by atoms with van der Waals surface area (Å²) in [6, 6.07) is 6.04. The van der Waals surface area contributed by atoms with Gasteiger partial charge < -0.3 is 5.73 Å². The van der Waals surface area contributed by atoms with Crippen LogP contribution in [0, 0.1) is 13.8 Å². The summed E-state index contributed by atoms with van der Waals surface area (Å²) in [6.45, 7) is 4.12. The molecule has 1 aromatic carbocycles. The van der Waals surface area contributed by atoms with Crippen molar-refractivity contribution in [2.24, 2.45) is 0 Å². The zero-order valence-corrected chi connectivity index (χ0v) is 11.0. The van der Waals surface area contributed by atoms with E-state index >= 15 is 0 Å². The second-order valence-electron chi connectivity index (χ2n) is 3.70. The van der Waals surface area contributed by atoms with Crippen molar-refractivity contribution in [3.63, 3.8) is 0 Å². The largest absolute Gasteiger partial charge is 0.399 e. The van der Waals surface area contributed by atoms with E-state index in [1.807, 2.05) is 30.8 Å². The van der Waals surface area contributed by atoms with Gasteiger partial charge in [0, 0.05) is 21.7 Å². The van der Waals surface area contributed by atoms with Crippen LogP contribution in [0.15, 0.2) is 28.5 Å². The van der Waals surface area contributed by atoms with Crippen LogP contribution >= 0.6 is 23.1 Å². The Morgan fingerprint density at radius 3 is 2.81 bits per heavy atom. The Hall–Kier alpha value is -1.00. The minimum absolute atomic E-state index is 0.826. The molecule has 4 heteroatoms. The van der Waals surface area contributed by atoms with E-state index in [0.717, 1.165) is 17.1 Å². The van der Waals surface area contributed by atoms with E-state index in [2.05, 4.69) is 23.4 Å². The van der Waals surface area contributed by atoms with E-state index in [0.29, 0.717) is 0 Å². The average Bonchev–Trinajstić information content (AvgIpc) is 2.63. The van der Waals surface area contributed by atoms with Gasteiger partial charge in [0.1, 0.15) is 5.01 Å². The molecule has 1 heterocycles. The molecule has 0 aliphatic carbocycles. The van der Waals surface area contributed by atoms with Crippen LogP contribution in [-0.2, 0) is 5.75 Å². The second kappa shape index (κ2) is 4.89. The molecule has 2 rings (SSSR count). The van der Waals surface area contributed by atoms with E-state index in [9.17, 15) is 0 Å². The minimum atomic E-state index is 0.826. The molecule has 0 spiro atoms. The number of thioether (sulfide) groups is 1. The normalized spacial score (nSPS) is 10.6. The molecule has 0 radical (unpaired) electrons. The van der Waals surface area contributed by atoms with E-state index in [4.69, 9.17) is 5.73 Å². The lowest BCUT2D eigenvalue weighted by Crippen LogP contribution is -1.87. The number of nitrogen functional groups attached to an aromatic ring is 1. The van der Waals surface area contributed by atoms with Crippen molar-refractivity contribution in [3.05, 3.63) is 39.8 Å². The third-order valence-electron chi connectivity index (χ3n) is 2.22. The first-order chi connectivity index (χ1) is 7.65. The van der Waals surface area contributed by atoms with Crippen molar-refractivity contribution in [3.8, 4) is 0 Å². The third-order valence-corrected chi connectivity index (χ3v) is 4.55. The van der Waals surface area contributed by atoms with Crippen LogP contribution in [0.4, 0.5) is 5.69 Å². The van der Waals surface area contributed by atoms with E-state index in [1.165, 1.54) is 15.5 Å². The van der Waals surface area contributed by atoms with Crippen LogP contribution < -0.4 is 5.73 Å². The number of aromatic nitrogens is 1. The highest BCUT2D eigenvalue weighted by Crippen LogP contribution is 2.28. The first kappa shape index (κ1) is 11.5. The summed E-state index contributed by atoms with van der Waals surface area (Å²) < 4.78 is 0. The fourth-order valence-electron chi connectivity index (χ4n) is 1.44. The number of hydrogen-bond donors (Lipinski definition) is 1. The predicted octanol–water partition coefficient (Wildman–Crippen LogP) is 3.63. The Bertz CT molecular complexity index is 492. The predicted molar refractivity (Wildman–Crippen MR) is 72.0 cm³/mol. The van der Waals surface area contributed by atoms with Gasteiger partial charge in [-0.3, -0.25) is 0 Å². The van der Waals surface area contributed by atoms with Crippen molar-refractivity contribution < 1.29 is 0 Å². The maximum atomic E-state index is 5.72. The fourth-order valence-corrected chi connectivity index (χ4v) is 3.24. The zero-order valence-electron chi connectivity index (χ0n) is 9.36.